The maximum atomic E-state index is 13.5. The normalized spacial score (nSPS) is 19.3. The number of fused-ring (bicyclic) bond motifs is 4. The number of H-pyrrole nitrogens is 1. The molecule has 0 radical (unpaired) electrons. The van der Waals surface area contributed by atoms with Crippen LogP contribution in [0, 0.1) is 0 Å². The third-order valence-corrected chi connectivity index (χ3v) is 5.04. The molecular weight excluding hydrogens is 340 g/mol. The Labute approximate surface area is 158 Å². The zero-order valence-corrected chi connectivity index (χ0v) is 15.4. The first-order chi connectivity index (χ1) is 13.2. The highest BCUT2D eigenvalue weighted by Crippen LogP contribution is 2.52. The number of carbonyl (C=O) groups is 1. The van der Waals surface area contributed by atoms with Gasteiger partial charge in [-0.1, -0.05) is 50.2 Å². The lowest BCUT2D eigenvalue weighted by Crippen LogP contribution is -2.42. The molecule has 2 aliphatic heterocycles. The Balaban J connectivity index is 0.000000872. The summed E-state index contributed by atoms with van der Waals surface area (Å²) >= 11 is 0. The molecule has 3 heterocycles. The highest BCUT2D eigenvalue weighted by molar-refractivity contribution is 6.11. The molecule has 1 aromatic heterocycles. The summed E-state index contributed by atoms with van der Waals surface area (Å²) in [5.41, 5.74) is 8.53. The number of rotatable bonds is 2. The van der Waals surface area contributed by atoms with Crippen LogP contribution in [0.15, 0.2) is 54.6 Å². The van der Waals surface area contributed by atoms with Crippen molar-refractivity contribution in [1.82, 2.24) is 10.2 Å². The monoisotopic (exact) mass is 362 g/mol. The molecular formula is C21H22N4O2. The number of amides is 1. The molecule has 2 aliphatic rings. The van der Waals surface area contributed by atoms with E-state index in [-0.39, 0.29) is 5.91 Å². The van der Waals surface area contributed by atoms with Gasteiger partial charge in [0.25, 0.3) is 0 Å². The molecule has 1 atom stereocenters. The molecule has 5 rings (SSSR count). The summed E-state index contributed by atoms with van der Waals surface area (Å²) in [5.74, 6) is 1.21. The summed E-state index contributed by atoms with van der Waals surface area (Å²) in [5, 5.41) is 6.84. The summed E-state index contributed by atoms with van der Waals surface area (Å²) in [6, 6.07) is 17.4. The molecule has 3 N–H and O–H groups in total. The Hall–Kier alpha value is -3.28. The average Bonchev–Trinajstić information content (AvgIpc) is 3.37. The van der Waals surface area contributed by atoms with Gasteiger partial charge in [0.15, 0.2) is 0 Å². The smallest absolute Gasteiger partial charge is 0.246 e. The number of ether oxygens (including phenoxy) is 1. The molecule has 2 aromatic carbocycles. The molecule has 1 unspecified atom stereocenters. The SMILES string of the molecule is CC.Nc1cc(CN2C(=O)C3(COc4ccccc43)c3ccccc32)[nH]n1. The predicted molar refractivity (Wildman–Crippen MR) is 105 cm³/mol. The number of carbonyl (C=O) groups excluding carboxylic acids is 1. The van der Waals surface area contributed by atoms with E-state index in [1.165, 1.54) is 0 Å². The zero-order valence-electron chi connectivity index (χ0n) is 15.4. The molecule has 1 spiro atoms. The Bertz CT molecular complexity index is 997. The number of nitrogens with zero attached hydrogens (tertiary/aromatic N) is 2. The highest BCUT2D eigenvalue weighted by atomic mass is 16.5. The van der Waals surface area contributed by atoms with Gasteiger partial charge >= 0.3 is 0 Å². The van der Waals surface area contributed by atoms with E-state index in [0.29, 0.717) is 19.0 Å². The van der Waals surface area contributed by atoms with Crippen molar-refractivity contribution in [3.05, 3.63) is 71.4 Å². The van der Waals surface area contributed by atoms with Crippen molar-refractivity contribution in [3.8, 4) is 5.75 Å². The summed E-state index contributed by atoms with van der Waals surface area (Å²) < 4.78 is 5.88. The van der Waals surface area contributed by atoms with E-state index < -0.39 is 5.41 Å². The third-order valence-electron chi connectivity index (χ3n) is 5.04. The van der Waals surface area contributed by atoms with Crippen molar-refractivity contribution in [2.24, 2.45) is 0 Å². The number of hydrogen-bond donors (Lipinski definition) is 2. The number of nitrogens with two attached hydrogens (primary N) is 1. The van der Waals surface area contributed by atoms with Gasteiger partial charge in [-0.25, -0.2) is 0 Å². The van der Waals surface area contributed by atoms with Gasteiger partial charge in [0.05, 0.1) is 12.2 Å². The summed E-state index contributed by atoms with van der Waals surface area (Å²) in [7, 11) is 0. The van der Waals surface area contributed by atoms with Crippen LogP contribution in [0.3, 0.4) is 0 Å². The molecule has 6 heteroatoms. The van der Waals surface area contributed by atoms with Crippen molar-refractivity contribution < 1.29 is 9.53 Å². The highest BCUT2D eigenvalue weighted by Gasteiger charge is 2.56. The van der Waals surface area contributed by atoms with Gasteiger partial charge in [0.1, 0.15) is 23.6 Å². The van der Waals surface area contributed by atoms with Crippen LogP contribution in [0.1, 0.15) is 30.7 Å². The van der Waals surface area contributed by atoms with E-state index in [4.69, 9.17) is 10.5 Å². The first-order valence-electron chi connectivity index (χ1n) is 9.14. The number of nitrogens with one attached hydrogen (secondary N) is 1. The van der Waals surface area contributed by atoms with Crippen LogP contribution >= 0.6 is 0 Å². The van der Waals surface area contributed by atoms with E-state index in [1.54, 1.807) is 11.0 Å². The predicted octanol–water partition coefficient (Wildman–Crippen LogP) is 3.24. The van der Waals surface area contributed by atoms with Crippen molar-refractivity contribution in [1.29, 1.82) is 0 Å². The van der Waals surface area contributed by atoms with Crippen LogP contribution < -0.4 is 15.4 Å². The standard InChI is InChI=1S/C19H16N4O2.C2H6/c20-17-9-12(21-22-17)10-23-15-7-3-1-5-13(15)19(18(23)24)11-25-16-8-4-2-6-14(16)19;1-2/h1-9H,10-11H2,(H3,20,21,22);1-2H3. The molecule has 0 aliphatic carbocycles. The van der Waals surface area contributed by atoms with Crippen LogP contribution in [-0.2, 0) is 16.8 Å². The minimum Gasteiger partial charge on any atom is -0.491 e. The molecule has 138 valence electrons. The minimum atomic E-state index is -0.779. The molecule has 0 saturated heterocycles. The molecule has 0 saturated carbocycles. The van der Waals surface area contributed by atoms with E-state index in [9.17, 15) is 4.79 Å². The lowest BCUT2D eigenvalue weighted by molar-refractivity contribution is -0.122. The topological polar surface area (TPSA) is 84.2 Å². The molecule has 27 heavy (non-hydrogen) atoms. The molecule has 1 amide bonds. The fourth-order valence-electron chi connectivity index (χ4n) is 3.92. The van der Waals surface area contributed by atoms with Crippen molar-refractivity contribution in [3.63, 3.8) is 0 Å². The maximum absolute atomic E-state index is 13.5. The van der Waals surface area contributed by atoms with E-state index >= 15 is 0 Å². The lowest BCUT2D eigenvalue weighted by Gasteiger charge is -2.22. The molecule has 0 bridgehead atoms. The van der Waals surface area contributed by atoms with E-state index in [2.05, 4.69) is 10.2 Å². The van der Waals surface area contributed by atoms with Gasteiger partial charge in [-0.15, -0.1) is 0 Å². The van der Waals surface area contributed by atoms with E-state index in [1.807, 2.05) is 62.4 Å². The number of aromatic amines is 1. The minimum absolute atomic E-state index is 0.0202. The molecule has 0 fully saturated rings. The number of para-hydroxylation sites is 2. The number of hydrogen-bond acceptors (Lipinski definition) is 4. The average molecular weight is 362 g/mol. The van der Waals surface area contributed by atoms with Gasteiger partial charge in [-0.2, -0.15) is 5.10 Å². The largest absolute Gasteiger partial charge is 0.491 e. The number of benzene rings is 2. The number of aromatic nitrogens is 2. The van der Waals surface area contributed by atoms with Crippen LogP contribution in [0.25, 0.3) is 0 Å². The Morgan fingerprint density at radius 1 is 1.15 bits per heavy atom. The fourth-order valence-corrected chi connectivity index (χ4v) is 3.92. The maximum Gasteiger partial charge on any atom is 0.246 e. The summed E-state index contributed by atoms with van der Waals surface area (Å²) in [6.45, 7) is 4.72. The van der Waals surface area contributed by atoms with Crippen LogP contribution in [0.4, 0.5) is 11.5 Å². The quantitative estimate of drug-likeness (QED) is 0.733. The van der Waals surface area contributed by atoms with Gasteiger partial charge in [0.2, 0.25) is 5.91 Å². The van der Waals surface area contributed by atoms with E-state index in [0.717, 1.165) is 28.3 Å². The zero-order chi connectivity index (χ0) is 19.0. The second kappa shape index (κ2) is 6.46. The summed E-state index contributed by atoms with van der Waals surface area (Å²) in [6.07, 6.45) is 0. The Morgan fingerprint density at radius 2 is 1.85 bits per heavy atom. The number of anilines is 2. The Morgan fingerprint density at radius 3 is 2.59 bits per heavy atom. The first kappa shape index (κ1) is 17.1. The van der Waals surface area contributed by atoms with Crippen LogP contribution in [0.5, 0.6) is 5.75 Å². The van der Waals surface area contributed by atoms with Gasteiger partial charge in [-0.05, 0) is 17.7 Å². The second-order valence-corrected chi connectivity index (χ2v) is 6.42. The Kier molecular flexibility index (Phi) is 4.11. The van der Waals surface area contributed by atoms with Crippen molar-refractivity contribution >= 4 is 17.4 Å². The molecule has 3 aromatic rings. The first-order valence-corrected chi connectivity index (χ1v) is 9.14. The summed E-state index contributed by atoms with van der Waals surface area (Å²) in [4.78, 5) is 15.3. The van der Waals surface area contributed by atoms with Gasteiger partial charge in [0, 0.05) is 17.3 Å². The molecule has 6 nitrogen and oxygen atoms in total. The van der Waals surface area contributed by atoms with Crippen molar-refractivity contribution in [2.45, 2.75) is 25.8 Å². The van der Waals surface area contributed by atoms with Crippen LogP contribution in [-0.4, -0.2) is 22.7 Å². The fraction of sp³-hybridized carbons (Fsp3) is 0.238. The lowest BCUT2D eigenvalue weighted by atomic mass is 9.77. The van der Waals surface area contributed by atoms with Gasteiger partial charge in [-0.3, -0.25) is 9.89 Å². The third kappa shape index (κ3) is 2.40. The number of nitrogen functional groups attached to an aromatic ring is 1. The van der Waals surface area contributed by atoms with Gasteiger partial charge < -0.3 is 15.4 Å². The van der Waals surface area contributed by atoms with Crippen molar-refractivity contribution in [2.75, 3.05) is 17.2 Å². The van der Waals surface area contributed by atoms with Crippen LogP contribution in [0.2, 0.25) is 0 Å². The second-order valence-electron chi connectivity index (χ2n) is 6.42.